The zero-order valence-corrected chi connectivity index (χ0v) is 17.5. The number of hydrogen-bond donors (Lipinski definition) is 0. The van der Waals surface area contributed by atoms with E-state index >= 15 is 0 Å². The molecule has 144 valence electrons. The first-order valence-corrected chi connectivity index (χ1v) is 9.88. The average molecular weight is 358 g/mol. The highest BCUT2D eigenvalue weighted by molar-refractivity contribution is 7.42. The normalized spacial score (nSPS) is 12.0. The van der Waals surface area contributed by atoms with Crippen molar-refractivity contribution in [2.75, 3.05) is 55.4 Å². The fraction of sp³-hybridized carbons (Fsp3) is 1.00. The summed E-state index contributed by atoms with van der Waals surface area (Å²) < 4.78 is 20.8. The van der Waals surface area contributed by atoms with Crippen molar-refractivity contribution in [1.82, 2.24) is 0 Å². The van der Waals surface area contributed by atoms with Crippen LogP contribution in [0.2, 0.25) is 0 Å². The summed E-state index contributed by atoms with van der Waals surface area (Å²) in [6.07, 6.45) is 8.19. The number of nitrogens with zero attached hydrogens (tertiary/aromatic N) is 2. The van der Waals surface area contributed by atoms with Gasteiger partial charge in [-0.3, -0.25) is 0 Å². The lowest BCUT2D eigenvalue weighted by Gasteiger charge is -2.23. The van der Waals surface area contributed by atoms with Gasteiger partial charge in [0.1, 0.15) is 7.91 Å². The minimum atomic E-state index is -5.64. The number of unbranched alkanes of at least 4 members (excludes halogenated alkanes) is 4. The second-order valence-corrected chi connectivity index (χ2v) is 8.73. The highest BCUT2D eigenvalue weighted by Gasteiger charge is 2.04. The Kier molecular flexibility index (Phi) is 17.4. The van der Waals surface area contributed by atoms with Gasteiger partial charge in [-0.1, -0.05) is 26.7 Å². The fourth-order valence-electron chi connectivity index (χ4n) is 1.67. The fourth-order valence-corrected chi connectivity index (χ4v) is 1.67. The molecule has 0 aliphatic rings. The summed E-state index contributed by atoms with van der Waals surface area (Å²) in [6, 6.07) is 0. The van der Waals surface area contributed by atoms with Gasteiger partial charge >= 0.3 is 0 Å². The van der Waals surface area contributed by atoms with E-state index in [9.17, 15) is 4.20 Å². The summed E-state index contributed by atoms with van der Waals surface area (Å²) in [5.41, 5.74) is 0. The SMILES string of the molecule is CCCCC[N+](C)(C)C.CCCCC[N+](C)(C)C.O=P([O-])([O-])F. The number of quaternary nitrogens is 2. The van der Waals surface area contributed by atoms with Crippen LogP contribution in [0.4, 0.5) is 4.20 Å². The molecule has 23 heavy (non-hydrogen) atoms. The Labute approximate surface area is 144 Å². The molecular weight excluding hydrogens is 318 g/mol. The summed E-state index contributed by atoms with van der Waals surface area (Å²) in [5.74, 6) is 0. The molecule has 0 saturated carbocycles. The summed E-state index contributed by atoms with van der Waals surface area (Å²) in [7, 11) is 7.84. The van der Waals surface area contributed by atoms with Crippen LogP contribution in [0.25, 0.3) is 0 Å². The van der Waals surface area contributed by atoms with Gasteiger partial charge in [-0.15, -0.1) is 0 Å². The molecule has 0 aromatic heterocycles. The Bertz CT molecular complexity index is 268. The van der Waals surface area contributed by atoms with Gasteiger partial charge in [0.15, 0.2) is 0 Å². The lowest BCUT2D eigenvalue weighted by Crippen LogP contribution is -2.35. The van der Waals surface area contributed by atoms with Gasteiger partial charge in [0, 0.05) is 0 Å². The zero-order valence-electron chi connectivity index (χ0n) is 16.6. The van der Waals surface area contributed by atoms with Gasteiger partial charge in [0.25, 0.3) is 0 Å². The van der Waals surface area contributed by atoms with Crippen molar-refractivity contribution in [2.45, 2.75) is 52.4 Å². The maximum Gasteiger partial charge on any atom is 0.110 e. The van der Waals surface area contributed by atoms with Gasteiger partial charge in [0.05, 0.1) is 55.4 Å². The lowest BCUT2D eigenvalue weighted by atomic mass is 10.2. The minimum absolute atomic E-state index is 1.11. The van der Waals surface area contributed by atoms with Crippen LogP contribution in [0.1, 0.15) is 52.4 Å². The third-order valence-corrected chi connectivity index (χ3v) is 2.86. The van der Waals surface area contributed by atoms with E-state index in [4.69, 9.17) is 14.4 Å². The van der Waals surface area contributed by atoms with E-state index in [1.54, 1.807) is 0 Å². The third-order valence-electron chi connectivity index (χ3n) is 2.86. The van der Waals surface area contributed by atoms with Crippen molar-refractivity contribution in [1.29, 1.82) is 0 Å². The van der Waals surface area contributed by atoms with E-state index in [2.05, 4.69) is 56.1 Å². The van der Waals surface area contributed by atoms with Gasteiger partial charge < -0.3 is 23.3 Å². The van der Waals surface area contributed by atoms with Crippen LogP contribution in [0.3, 0.4) is 0 Å². The van der Waals surface area contributed by atoms with Crippen molar-refractivity contribution in [3.63, 3.8) is 0 Å². The monoisotopic (exact) mass is 358 g/mol. The Morgan fingerprint density at radius 1 is 0.739 bits per heavy atom. The topological polar surface area (TPSA) is 63.2 Å². The predicted octanol–water partition coefficient (Wildman–Crippen LogP) is 2.55. The summed E-state index contributed by atoms with van der Waals surface area (Å²) >= 11 is 0. The molecule has 0 fully saturated rings. The predicted molar refractivity (Wildman–Crippen MR) is 93.6 cm³/mol. The van der Waals surface area contributed by atoms with Crippen molar-refractivity contribution < 1.29 is 27.5 Å². The molecule has 0 N–H and O–H groups in total. The van der Waals surface area contributed by atoms with Crippen molar-refractivity contribution in [2.24, 2.45) is 0 Å². The molecule has 7 heteroatoms. The molecule has 0 aliphatic heterocycles. The zero-order chi connectivity index (χ0) is 19.2. The molecule has 5 nitrogen and oxygen atoms in total. The smallest absolute Gasteiger partial charge is 0.110 e. The van der Waals surface area contributed by atoms with Crippen LogP contribution >= 0.6 is 7.91 Å². The van der Waals surface area contributed by atoms with E-state index in [0.717, 1.165) is 8.97 Å². The Morgan fingerprint density at radius 2 is 0.957 bits per heavy atom. The molecule has 0 aromatic rings. The number of halogens is 1. The second-order valence-electron chi connectivity index (χ2n) is 7.87. The van der Waals surface area contributed by atoms with Crippen LogP contribution < -0.4 is 9.79 Å². The molecule has 0 unspecified atom stereocenters. The van der Waals surface area contributed by atoms with Crippen molar-refractivity contribution in [3.8, 4) is 0 Å². The van der Waals surface area contributed by atoms with Crippen LogP contribution in [-0.4, -0.2) is 64.3 Å². The van der Waals surface area contributed by atoms with Gasteiger partial charge in [-0.25, -0.2) is 4.20 Å². The summed E-state index contributed by atoms with van der Waals surface area (Å²) in [5, 5.41) is 0. The molecule has 0 bridgehead atoms. The second kappa shape index (κ2) is 14.4. The van der Waals surface area contributed by atoms with E-state index in [0.29, 0.717) is 0 Å². The van der Waals surface area contributed by atoms with E-state index in [1.165, 1.54) is 51.6 Å². The lowest BCUT2D eigenvalue weighted by molar-refractivity contribution is -0.870. The highest BCUT2D eigenvalue weighted by Crippen LogP contribution is 2.22. The van der Waals surface area contributed by atoms with Gasteiger partial charge in [-0.05, 0) is 25.7 Å². The summed E-state index contributed by atoms with van der Waals surface area (Å²) in [4.78, 5) is 16.9. The van der Waals surface area contributed by atoms with Crippen molar-refractivity contribution >= 4 is 7.91 Å². The number of hydrogen-bond acceptors (Lipinski definition) is 3. The quantitative estimate of drug-likeness (QED) is 0.380. The molecule has 0 aromatic carbocycles. The Morgan fingerprint density at radius 3 is 1.09 bits per heavy atom. The Hall–Kier alpha value is -0.0000000000000000555. The molecular formula is C16H40FN2O3P. The van der Waals surface area contributed by atoms with Gasteiger partial charge in [0.2, 0.25) is 0 Å². The molecule has 0 atom stereocenters. The molecule has 0 spiro atoms. The number of rotatable bonds is 8. The first kappa shape index (κ1) is 27.8. The van der Waals surface area contributed by atoms with Crippen LogP contribution in [0, 0.1) is 0 Å². The average Bonchev–Trinajstić information content (AvgIpc) is 2.25. The largest absolute Gasteiger partial charge is 0.786 e. The maximum atomic E-state index is 10.1. The van der Waals surface area contributed by atoms with Crippen LogP contribution in [-0.2, 0) is 4.57 Å². The molecule has 0 saturated heterocycles. The van der Waals surface area contributed by atoms with Gasteiger partial charge in [-0.2, -0.15) is 0 Å². The molecule has 0 aliphatic carbocycles. The standard InChI is InChI=1S/2C8H20N.FH2O3P/c2*1-5-6-7-8-9(2,3)4;1-5(2,3)4/h2*5-8H2,1-4H3;(H2,2,3,4)/q2*+1;/p-2. The van der Waals surface area contributed by atoms with Crippen LogP contribution in [0.5, 0.6) is 0 Å². The van der Waals surface area contributed by atoms with Crippen LogP contribution in [0.15, 0.2) is 0 Å². The maximum absolute atomic E-state index is 10.1. The first-order valence-electron chi connectivity index (χ1n) is 8.45. The van der Waals surface area contributed by atoms with E-state index < -0.39 is 7.91 Å². The Balaban J connectivity index is -0.000000273. The molecule has 0 radical (unpaired) electrons. The van der Waals surface area contributed by atoms with E-state index in [1.807, 2.05) is 0 Å². The molecule has 0 amide bonds. The minimum Gasteiger partial charge on any atom is -0.786 e. The third kappa shape index (κ3) is 61.1. The first-order chi connectivity index (χ1) is 10.1. The highest BCUT2D eigenvalue weighted by atomic mass is 31.2. The van der Waals surface area contributed by atoms with E-state index in [-0.39, 0.29) is 0 Å². The van der Waals surface area contributed by atoms with Crippen molar-refractivity contribution in [3.05, 3.63) is 0 Å². The summed E-state index contributed by atoms with van der Waals surface area (Å²) in [6.45, 7) is 7.12. The molecule has 0 rings (SSSR count). The molecule has 0 heterocycles.